The number of ether oxygens (including phenoxy) is 2. The van der Waals surface area contributed by atoms with Gasteiger partial charge in [0, 0.05) is 10.5 Å². The van der Waals surface area contributed by atoms with Gasteiger partial charge in [0.1, 0.15) is 5.75 Å². The Labute approximate surface area is 99.4 Å². The van der Waals surface area contributed by atoms with Gasteiger partial charge in [-0.2, -0.15) is 0 Å². The molecule has 0 saturated heterocycles. The second-order valence-corrected chi connectivity index (χ2v) is 3.67. The molecular weight excluding hydrogens is 282 g/mol. The highest BCUT2D eigenvalue weighted by molar-refractivity contribution is 9.10. The quantitative estimate of drug-likeness (QED) is 0.484. The van der Waals surface area contributed by atoms with Crippen LogP contribution < -0.4 is 4.74 Å². The molecule has 0 fully saturated rings. The van der Waals surface area contributed by atoms with E-state index in [1.807, 2.05) is 0 Å². The lowest BCUT2D eigenvalue weighted by atomic mass is 10.1. The monoisotopic (exact) mass is 289 g/mol. The maximum atomic E-state index is 11.4. The van der Waals surface area contributed by atoms with Crippen LogP contribution in [0, 0.1) is 10.1 Å². The zero-order valence-corrected chi connectivity index (χ0v) is 10.1. The van der Waals surface area contributed by atoms with Crippen LogP contribution in [0.4, 0.5) is 5.69 Å². The van der Waals surface area contributed by atoms with Gasteiger partial charge in [-0.25, -0.2) is 4.79 Å². The first kappa shape index (κ1) is 12.4. The highest BCUT2D eigenvalue weighted by Crippen LogP contribution is 2.33. The van der Waals surface area contributed by atoms with Crippen LogP contribution in [0.2, 0.25) is 0 Å². The second kappa shape index (κ2) is 4.93. The van der Waals surface area contributed by atoms with E-state index in [4.69, 9.17) is 4.74 Å². The summed E-state index contributed by atoms with van der Waals surface area (Å²) in [5, 5.41) is 10.8. The Balaban J connectivity index is 3.51. The van der Waals surface area contributed by atoms with Crippen molar-refractivity contribution in [2.45, 2.75) is 0 Å². The molecule has 0 aromatic heterocycles. The van der Waals surface area contributed by atoms with Crippen LogP contribution in [0.3, 0.4) is 0 Å². The van der Waals surface area contributed by atoms with E-state index in [0.29, 0.717) is 4.47 Å². The third kappa shape index (κ3) is 2.30. The van der Waals surface area contributed by atoms with E-state index in [1.165, 1.54) is 19.2 Å². The summed E-state index contributed by atoms with van der Waals surface area (Å²) in [6.45, 7) is 0. The summed E-state index contributed by atoms with van der Waals surface area (Å²) in [7, 11) is 2.46. The molecule has 0 aliphatic heterocycles. The van der Waals surface area contributed by atoms with E-state index < -0.39 is 10.9 Å². The third-order valence-corrected chi connectivity index (χ3v) is 2.31. The number of nitro groups is 1. The second-order valence-electron chi connectivity index (χ2n) is 2.75. The van der Waals surface area contributed by atoms with Crippen LogP contribution >= 0.6 is 15.9 Å². The van der Waals surface area contributed by atoms with E-state index in [0.717, 1.165) is 7.11 Å². The number of nitro benzene ring substituents is 1. The average Bonchev–Trinajstić information content (AvgIpc) is 2.26. The van der Waals surface area contributed by atoms with Gasteiger partial charge in [0.05, 0.1) is 19.1 Å². The Morgan fingerprint density at radius 3 is 2.50 bits per heavy atom. The highest BCUT2D eigenvalue weighted by Gasteiger charge is 2.26. The third-order valence-electron chi connectivity index (χ3n) is 1.85. The predicted octanol–water partition coefficient (Wildman–Crippen LogP) is 2.15. The zero-order valence-electron chi connectivity index (χ0n) is 8.52. The average molecular weight is 290 g/mol. The van der Waals surface area contributed by atoms with E-state index >= 15 is 0 Å². The van der Waals surface area contributed by atoms with Gasteiger partial charge < -0.3 is 9.47 Å². The van der Waals surface area contributed by atoms with Crippen molar-refractivity contribution >= 4 is 27.6 Å². The minimum Gasteiger partial charge on any atom is -0.496 e. The molecule has 7 heteroatoms. The molecule has 16 heavy (non-hydrogen) atoms. The summed E-state index contributed by atoms with van der Waals surface area (Å²) < 4.78 is 9.82. The number of carbonyl (C=O) groups is 1. The first-order chi connectivity index (χ1) is 7.51. The van der Waals surface area contributed by atoms with Crippen LogP contribution in [0.1, 0.15) is 10.4 Å². The van der Waals surface area contributed by atoms with Crippen LogP contribution in [0.25, 0.3) is 0 Å². The molecule has 0 radical (unpaired) electrons. The van der Waals surface area contributed by atoms with Gasteiger partial charge in [0.25, 0.3) is 5.69 Å². The number of carbonyl (C=O) groups excluding carboxylic acids is 1. The SMILES string of the molecule is COC(=O)c1c(OC)cc(Br)cc1[N+](=O)[O-]. The zero-order chi connectivity index (χ0) is 12.3. The number of hydrogen-bond donors (Lipinski definition) is 0. The molecule has 0 bridgehead atoms. The number of benzene rings is 1. The van der Waals surface area contributed by atoms with Crippen LogP contribution in [-0.4, -0.2) is 25.1 Å². The van der Waals surface area contributed by atoms with Gasteiger partial charge in [0.2, 0.25) is 0 Å². The van der Waals surface area contributed by atoms with Gasteiger partial charge in [-0.3, -0.25) is 10.1 Å². The first-order valence-electron chi connectivity index (χ1n) is 4.11. The van der Waals surface area contributed by atoms with E-state index in [9.17, 15) is 14.9 Å². The number of hydrogen-bond acceptors (Lipinski definition) is 5. The fourth-order valence-electron chi connectivity index (χ4n) is 1.18. The van der Waals surface area contributed by atoms with Crippen molar-refractivity contribution in [3.63, 3.8) is 0 Å². The normalized spacial score (nSPS) is 9.69. The number of halogens is 1. The predicted molar refractivity (Wildman–Crippen MR) is 58.7 cm³/mol. The fraction of sp³-hybridized carbons (Fsp3) is 0.222. The summed E-state index contributed by atoms with van der Waals surface area (Å²) in [4.78, 5) is 21.5. The maximum Gasteiger partial charge on any atom is 0.348 e. The molecule has 86 valence electrons. The molecule has 0 unspecified atom stereocenters. The lowest BCUT2D eigenvalue weighted by molar-refractivity contribution is -0.385. The molecule has 0 spiro atoms. The van der Waals surface area contributed by atoms with Crippen molar-refractivity contribution in [1.82, 2.24) is 0 Å². The molecule has 1 aromatic carbocycles. The van der Waals surface area contributed by atoms with Crippen molar-refractivity contribution in [2.75, 3.05) is 14.2 Å². The molecule has 1 rings (SSSR count). The standard InChI is InChI=1S/C9H8BrNO5/c1-15-7-4-5(10)3-6(11(13)14)8(7)9(12)16-2/h3-4H,1-2H3. The van der Waals surface area contributed by atoms with Gasteiger partial charge in [-0.05, 0) is 6.07 Å². The van der Waals surface area contributed by atoms with Crippen LogP contribution in [0.15, 0.2) is 16.6 Å². The summed E-state index contributed by atoms with van der Waals surface area (Å²) in [6, 6.07) is 2.67. The Morgan fingerprint density at radius 2 is 2.06 bits per heavy atom. The lowest BCUT2D eigenvalue weighted by Crippen LogP contribution is -2.08. The minimum atomic E-state index is -0.809. The number of nitrogens with zero attached hydrogens (tertiary/aromatic N) is 1. The van der Waals surface area contributed by atoms with Crippen LogP contribution in [0.5, 0.6) is 5.75 Å². The maximum absolute atomic E-state index is 11.4. The largest absolute Gasteiger partial charge is 0.496 e. The lowest BCUT2D eigenvalue weighted by Gasteiger charge is -2.07. The molecule has 0 amide bonds. The summed E-state index contributed by atoms with van der Waals surface area (Å²) in [5.74, 6) is -0.719. The van der Waals surface area contributed by atoms with Gasteiger partial charge in [-0.15, -0.1) is 0 Å². The molecule has 0 aliphatic rings. The number of rotatable bonds is 3. The number of methoxy groups -OCH3 is 2. The van der Waals surface area contributed by atoms with Crippen molar-refractivity contribution in [2.24, 2.45) is 0 Å². The van der Waals surface area contributed by atoms with E-state index in [2.05, 4.69) is 20.7 Å². The van der Waals surface area contributed by atoms with E-state index in [-0.39, 0.29) is 17.0 Å². The van der Waals surface area contributed by atoms with Gasteiger partial charge in [-0.1, -0.05) is 15.9 Å². The van der Waals surface area contributed by atoms with Crippen molar-refractivity contribution in [3.8, 4) is 5.75 Å². The van der Waals surface area contributed by atoms with Crippen molar-refractivity contribution in [3.05, 3.63) is 32.3 Å². The Bertz CT molecular complexity index is 446. The first-order valence-corrected chi connectivity index (χ1v) is 4.90. The van der Waals surface area contributed by atoms with Crippen LogP contribution in [-0.2, 0) is 4.74 Å². The Hall–Kier alpha value is -1.63. The molecule has 0 aliphatic carbocycles. The molecule has 0 N–H and O–H groups in total. The summed E-state index contributed by atoms with van der Waals surface area (Å²) in [5.41, 5.74) is -0.559. The topological polar surface area (TPSA) is 78.7 Å². The molecule has 0 atom stereocenters. The molecule has 6 nitrogen and oxygen atoms in total. The fourth-order valence-corrected chi connectivity index (χ4v) is 1.61. The summed E-state index contributed by atoms with van der Waals surface area (Å²) in [6.07, 6.45) is 0. The van der Waals surface area contributed by atoms with Crippen molar-refractivity contribution in [1.29, 1.82) is 0 Å². The number of esters is 1. The molecule has 0 heterocycles. The molecule has 0 saturated carbocycles. The van der Waals surface area contributed by atoms with E-state index in [1.54, 1.807) is 0 Å². The smallest absolute Gasteiger partial charge is 0.348 e. The summed E-state index contributed by atoms with van der Waals surface area (Å²) >= 11 is 3.09. The highest BCUT2D eigenvalue weighted by atomic mass is 79.9. The molecule has 1 aromatic rings. The van der Waals surface area contributed by atoms with Gasteiger partial charge in [0.15, 0.2) is 5.56 Å². The van der Waals surface area contributed by atoms with Crippen molar-refractivity contribution < 1.29 is 19.2 Å². The Kier molecular flexibility index (Phi) is 3.83. The minimum absolute atomic E-state index is 0.0907. The Morgan fingerprint density at radius 1 is 1.44 bits per heavy atom. The van der Waals surface area contributed by atoms with Gasteiger partial charge >= 0.3 is 5.97 Å². The molecular formula is C9H8BrNO5.